The van der Waals surface area contributed by atoms with Gasteiger partial charge in [0.1, 0.15) is 0 Å². The van der Waals surface area contributed by atoms with Gasteiger partial charge in [0.15, 0.2) is 0 Å². The van der Waals surface area contributed by atoms with E-state index < -0.39 is 0 Å². The number of rotatable bonds is 8. The average molecular weight is 443 g/mol. The molecule has 1 aliphatic rings. The number of hydrogen-bond donors (Lipinski definition) is 0. The maximum atomic E-state index is 11.6. The van der Waals surface area contributed by atoms with Gasteiger partial charge in [-0.05, 0) is 61.3 Å². The van der Waals surface area contributed by atoms with Crippen LogP contribution in [-0.2, 0) is 11.3 Å². The fourth-order valence-electron chi connectivity index (χ4n) is 4.74. The van der Waals surface area contributed by atoms with Gasteiger partial charge in [0.05, 0.1) is 12.7 Å². The Labute approximate surface area is 197 Å². The molecule has 0 N–H and O–H groups in total. The zero-order valence-electron chi connectivity index (χ0n) is 19.5. The SMILES string of the molecule is COC(=O)c1ccc(CN2CCCN(CCC(c3ccccc3)c3ccccc3)CC2)cc1. The second-order valence-electron chi connectivity index (χ2n) is 8.82. The lowest BCUT2D eigenvalue weighted by molar-refractivity contribution is 0.0600. The largest absolute Gasteiger partial charge is 0.465 e. The Balaban J connectivity index is 1.32. The fraction of sp³-hybridized carbons (Fsp3) is 0.345. The highest BCUT2D eigenvalue weighted by Crippen LogP contribution is 2.28. The van der Waals surface area contributed by atoms with E-state index in [0.717, 1.165) is 45.7 Å². The van der Waals surface area contributed by atoms with Crippen molar-refractivity contribution < 1.29 is 9.53 Å². The first kappa shape index (κ1) is 23.2. The van der Waals surface area contributed by atoms with Gasteiger partial charge in [0.2, 0.25) is 0 Å². The standard InChI is InChI=1S/C29H34N2O2/c1-33-29(32)27-15-13-24(14-16-27)23-31-19-8-18-30(21-22-31)20-17-28(25-9-4-2-5-10-25)26-11-6-3-7-12-26/h2-7,9-16,28H,8,17-23H2,1H3. The molecule has 3 aromatic rings. The van der Waals surface area contributed by atoms with Gasteiger partial charge in [-0.3, -0.25) is 4.90 Å². The third-order valence-corrected chi connectivity index (χ3v) is 6.60. The van der Waals surface area contributed by atoms with Gasteiger partial charge in [0.25, 0.3) is 0 Å². The van der Waals surface area contributed by atoms with Crippen LogP contribution in [0.1, 0.15) is 45.8 Å². The minimum absolute atomic E-state index is 0.281. The van der Waals surface area contributed by atoms with Crippen molar-refractivity contribution in [3.05, 3.63) is 107 Å². The molecule has 0 unspecified atom stereocenters. The van der Waals surface area contributed by atoms with Gasteiger partial charge in [-0.25, -0.2) is 4.79 Å². The minimum Gasteiger partial charge on any atom is -0.465 e. The average Bonchev–Trinajstić information content (AvgIpc) is 3.10. The molecule has 1 aliphatic heterocycles. The second kappa shape index (κ2) is 11.8. The number of carbonyl (C=O) groups excluding carboxylic acids is 1. The number of carbonyl (C=O) groups is 1. The molecule has 33 heavy (non-hydrogen) atoms. The molecule has 4 heteroatoms. The van der Waals surface area contributed by atoms with Gasteiger partial charge in [-0.15, -0.1) is 0 Å². The molecule has 0 aromatic heterocycles. The molecule has 0 spiro atoms. The van der Waals surface area contributed by atoms with Crippen LogP contribution < -0.4 is 0 Å². The second-order valence-corrected chi connectivity index (χ2v) is 8.82. The Hall–Kier alpha value is -2.95. The predicted molar refractivity (Wildman–Crippen MR) is 133 cm³/mol. The van der Waals surface area contributed by atoms with E-state index in [1.54, 1.807) is 0 Å². The molecule has 0 saturated carbocycles. The zero-order valence-corrected chi connectivity index (χ0v) is 19.5. The Bertz CT molecular complexity index is 950. The van der Waals surface area contributed by atoms with Crippen molar-refractivity contribution >= 4 is 5.97 Å². The highest BCUT2D eigenvalue weighted by atomic mass is 16.5. The maximum Gasteiger partial charge on any atom is 0.337 e. The summed E-state index contributed by atoms with van der Waals surface area (Å²) in [5.41, 5.74) is 4.64. The molecule has 4 nitrogen and oxygen atoms in total. The lowest BCUT2D eigenvalue weighted by Gasteiger charge is -2.25. The van der Waals surface area contributed by atoms with E-state index in [2.05, 4.69) is 70.5 Å². The van der Waals surface area contributed by atoms with Crippen LogP contribution in [0.25, 0.3) is 0 Å². The van der Waals surface area contributed by atoms with Crippen molar-refractivity contribution in [3.8, 4) is 0 Å². The molecule has 0 bridgehead atoms. The Kier molecular flexibility index (Phi) is 8.29. The molecule has 172 valence electrons. The lowest BCUT2D eigenvalue weighted by atomic mass is 9.88. The summed E-state index contributed by atoms with van der Waals surface area (Å²) in [4.78, 5) is 16.8. The van der Waals surface area contributed by atoms with Crippen LogP contribution in [0.3, 0.4) is 0 Å². The molecule has 3 aromatic carbocycles. The van der Waals surface area contributed by atoms with Crippen molar-refractivity contribution in [2.24, 2.45) is 0 Å². The Morgan fingerprint density at radius 1 is 0.788 bits per heavy atom. The van der Waals surface area contributed by atoms with Crippen molar-refractivity contribution in [2.45, 2.75) is 25.3 Å². The highest BCUT2D eigenvalue weighted by Gasteiger charge is 2.19. The number of nitrogens with zero attached hydrogens (tertiary/aromatic N) is 2. The first-order valence-corrected chi connectivity index (χ1v) is 11.9. The van der Waals surface area contributed by atoms with Crippen LogP contribution in [0.5, 0.6) is 0 Å². The fourth-order valence-corrected chi connectivity index (χ4v) is 4.74. The molecule has 0 radical (unpaired) electrons. The number of hydrogen-bond acceptors (Lipinski definition) is 4. The molecule has 4 rings (SSSR count). The summed E-state index contributed by atoms with van der Waals surface area (Å²) < 4.78 is 4.80. The summed E-state index contributed by atoms with van der Waals surface area (Å²) in [7, 11) is 1.42. The van der Waals surface area contributed by atoms with Crippen molar-refractivity contribution in [1.29, 1.82) is 0 Å². The summed E-state index contributed by atoms with van der Waals surface area (Å²) in [5, 5.41) is 0. The van der Waals surface area contributed by atoms with Gasteiger partial charge in [-0.1, -0.05) is 72.8 Å². The highest BCUT2D eigenvalue weighted by molar-refractivity contribution is 5.89. The van der Waals surface area contributed by atoms with Crippen LogP contribution in [-0.4, -0.2) is 55.6 Å². The number of benzene rings is 3. The molecule has 1 heterocycles. The Morgan fingerprint density at radius 3 is 1.97 bits per heavy atom. The topological polar surface area (TPSA) is 32.8 Å². The quantitative estimate of drug-likeness (QED) is 0.449. The van der Waals surface area contributed by atoms with Gasteiger partial charge in [0, 0.05) is 25.6 Å². The van der Waals surface area contributed by atoms with Crippen molar-refractivity contribution in [2.75, 3.05) is 39.8 Å². The summed E-state index contributed by atoms with van der Waals surface area (Å²) in [5.74, 6) is 0.149. The van der Waals surface area contributed by atoms with Gasteiger partial charge >= 0.3 is 5.97 Å². The van der Waals surface area contributed by atoms with E-state index in [-0.39, 0.29) is 5.97 Å². The van der Waals surface area contributed by atoms with E-state index in [9.17, 15) is 4.79 Å². The molecular formula is C29H34N2O2. The third-order valence-electron chi connectivity index (χ3n) is 6.60. The molecular weight excluding hydrogens is 408 g/mol. The molecule has 0 amide bonds. The number of esters is 1. The van der Waals surface area contributed by atoms with Crippen LogP contribution in [0.2, 0.25) is 0 Å². The van der Waals surface area contributed by atoms with Crippen LogP contribution >= 0.6 is 0 Å². The number of ether oxygens (including phenoxy) is 1. The first-order chi connectivity index (χ1) is 16.2. The summed E-state index contributed by atoms with van der Waals surface area (Å²) in [6, 6.07) is 29.6. The third kappa shape index (κ3) is 6.53. The molecule has 0 atom stereocenters. The van der Waals surface area contributed by atoms with Crippen molar-refractivity contribution in [3.63, 3.8) is 0 Å². The minimum atomic E-state index is -0.281. The van der Waals surface area contributed by atoms with Crippen LogP contribution in [0.15, 0.2) is 84.9 Å². The molecule has 1 saturated heterocycles. The summed E-state index contributed by atoms with van der Waals surface area (Å²) in [6.45, 7) is 6.45. The maximum absolute atomic E-state index is 11.6. The molecule has 0 aliphatic carbocycles. The first-order valence-electron chi connectivity index (χ1n) is 11.9. The van der Waals surface area contributed by atoms with Gasteiger partial charge < -0.3 is 9.64 Å². The van der Waals surface area contributed by atoms with E-state index in [1.807, 2.05) is 24.3 Å². The smallest absolute Gasteiger partial charge is 0.337 e. The predicted octanol–water partition coefficient (Wildman–Crippen LogP) is 5.20. The monoisotopic (exact) mass is 442 g/mol. The lowest BCUT2D eigenvalue weighted by Crippen LogP contribution is -2.31. The van der Waals surface area contributed by atoms with Crippen LogP contribution in [0, 0.1) is 0 Å². The van der Waals surface area contributed by atoms with E-state index in [0.29, 0.717) is 11.5 Å². The Morgan fingerprint density at radius 2 is 1.36 bits per heavy atom. The van der Waals surface area contributed by atoms with Crippen molar-refractivity contribution in [1.82, 2.24) is 9.80 Å². The van der Waals surface area contributed by atoms with E-state index in [4.69, 9.17) is 4.74 Å². The normalized spacial score (nSPS) is 15.3. The van der Waals surface area contributed by atoms with E-state index in [1.165, 1.54) is 30.2 Å². The zero-order chi connectivity index (χ0) is 22.9. The van der Waals surface area contributed by atoms with Gasteiger partial charge in [-0.2, -0.15) is 0 Å². The van der Waals surface area contributed by atoms with E-state index >= 15 is 0 Å². The summed E-state index contributed by atoms with van der Waals surface area (Å²) >= 11 is 0. The summed E-state index contributed by atoms with van der Waals surface area (Å²) in [6.07, 6.45) is 2.31. The van der Waals surface area contributed by atoms with Crippen LogP contribution in [0.4, 0.5) is 0 Å². The molecule has 1 fully saturated rings. The number of methoxy groups -OCH3 is 1.